The van der Waals surface area contributed by atoms with E-state index in [0.717, 1.165) is 48.0 Å². The maximum Gasteiger partial charge on any atom is 0.131 e. The van der Waals surface area contributed by atoms with Crippen LogP contribution in [0.3, 0.4) is 0 Å². The molecular formula is C30H31FO3. The maximum absolute atomic E-state index is 14.9. The van der Waals surface area contributed by atoms with Gasteiger partial charge in [-0.2, -0.15) is 0 Å². The summed E-state index contributed by atoms with van der Waals surface area (Å²) in [4.78, 5) is 11.4. The first-order valence-corrected chi connectivity index (χ1v) is 11.9. The summed E-state index contributed by atoms with van der Waals surface area (Å²) in [5, 5.41) is 0. The number of methoxy groups -OCH3 is 1. The second-order valence-corrected chi connectivity index (χ2v) is 10.7. The zero-order valence-electron chi connectivity index (χ0n) is 20.3. The number of aryl methyl sites for hydroxylation is 1. The summed E-state index contributed by atoms with van der Waals surface area (Å²) in [6.45, 7) is 6.77. The van der Waals surface area contributed by atoms with E-state index < -0.39 is 0 Å². The van der Waals surface area contributed by atoms with Gasteiger partial charge in [0.1, 0.15) is 30.2 Å². The van der Waals surface area contributed by atoms with Gasteiger partial charge in [-0.1, -0.05) is 39.0 Å². The molecule has 0 heterocycles. The molecular weight excluding hydrogens is 427 g/mol. The van der Waals surface area contributed by atoms with Gasteiger partial charge < -0.3 is 14.3 Å². The van der Waals surface area contributed by atoms with E-state index in [2.05, 4.69) is 45.0 Å². The van der Waals surface area contributed by atoms with Gasteiger partial charge in [-0.05, 0) is 88.9 Å². The molecule has 5 rings (SSSR count). The first-order chi connectivity index (χ1) is 16.2. The molecule has 34 heavy (non-hydrogen) atoms. The third kappa shape index (κ3) is 3.89. The Kier molecular flexibility index (Phi) is 5.50. The molecule has 4 heteroatoms. The number of halogens is 1. The number of benzene rings is 3. The lowest BCUT2D eigenvalue weighted by Crippen LogP contribution is -2.13. The number of hydrogen-bond donors (Lipinski definition) is 0. The van der Waals surface area contributed by atoms with E-state index in [1.54, 1.807) is 19.2 Å². The number of aldehydes is 1. The summed E-state index contributed by atoms with van der Waals surface area (Å²) < 4.78 is 26.4. The maximum atomic E-state index is 14.9. The monoisotopic (exact) mass is 458 g/mol. The Morgan fingerprint density at radius 2 is 1.82 bits per heavy atom. The van der Waals surface area contributed by atoms with Gasteiger partial charge in [0.15, 0.2) is 0 Å². The van der Waals surface area contributed by atoms with E-state index >= 15 is 0 Å². The summed E-state index contributed by atoms with van der Waals surface area (Å²) in [6, 6.07) is 17.3. The molecule has 1 unspecified atom stereocenters. The Hall–Kier alpha value is -3.14. The minimum absolute atomic E-state index is 0.0435. The molecule has 0 N–H and O–H groups in total. The molecule has 2 atom stereocenters. The summed E-state index contributed by atoms with van der Waals surface area (Å²) in [7, 11) is 1.59. The average molecular weight is 459 g/mol. The lowest BCUT2D eigenvalue weighted by molar-refractivity contribution is -0.109. The third-order valence-corrected chi connectivity index (χ3v) is 7.52. The second kappa shape index (κ2) is 8.26. The van der Waals surface area contributed by atoms with E-state index in [1.807, 2.05) is 12.1 Å². The fourth-order valence-electron chi connectivity index (χ4n) is 5.49. The van der Waals surface area contributed by atoms with Gasteiger partial charge in [-0.3, -0.25) is 0 Å². The SMILES string of the molecule is COc1ccc(F)c(-c2cc(COc3ccc4c(c3)[C@]3(CC4)CC3C=O)ccc2C(C)(C)C)c1. The smallest absolute Gasteiger partial charge is 0.131 e. The van der Waals surface area contributed by atoms with Gasteiger partial charge in [0, 0.05) is 16.9 Å². The summed E-state index contributed by atoms with van der Waals surface area (Å²) in [5.74, 6) is 1.31. The van der Waals surface area contributed by atoms with Crippen LogP contribution in [0.4, 0.5) is 4.39 Å². The van der Waals surface area contributed by atoms with Crippen molar-refractivity contribution in [3.8, 4) is 22.6 Å². The van der Waals surface area contributed by atoms with Crippen molar-refractivity contribution in [3.63, 3.8) is 0 Å². The highest BCUT2D eigenvalue weighted by atomic mass is 19.1. The summed E-state index contributed by atoms with van der Waals surface area (Å²) in [5.41, 5.74) is 5.92. The zero-order chi connectivity index (χ0) is 24.1. The van der Waals surface area contributed by atoms with Crippen LogP contribution < -0.4 is 9.47 Å². The third-order valence-electron chi connectivity index (χ3n) is 7.52. The quantitative estimate of drug-likeness (QED) is 0.382. The first-order valence-electron chi connectivity index (χ1n) is 11.9. The molecule has 0 saturated heterocycles. The minimum atomic E-state index is -0.276. The number of hydrogen-bond acceptors (Lipinski definition) is 3. The van der Waals surface area contributed by atoms with Crippen molar-refractivity contribution in [3.05, 3.63) is 82.7 Å². The topological polar surface area (TPSA) is 35.5 Å². The fraction of sp³-hybridized carbons (Fsp3) is 0.367. The summed E-state index contributed by atoms with van der Waals surface area (Å²) >= 11 is 0. The van der Waals surface area contributed by atoms with E-state index in [1.165, 1.54) is 17.2 Å². The van der Waals surface area contributed by atoms with Crippen molar-refractivity contribution in [2.24, 2.45) is 5.92 Å². The molecule has 0 aliphatic heterocycles. The number of rotatable bonds is 6. The second-order valence-electron chi connectivity index (χ2n) is 10.7. The standard InChI is InChI=1S/C30H31FO3/c1-29(2,3)26-9-5-19(13-24(26)25-14-22(33-4)8-10-28(25)31)18-34-23-7-6-20-11-12-30(27(20)15-23)16-21(30)17-32/h5-10,13-15,17,21H,11-12,16,18H2,1-4H3/t21?,30-/m1/s1. The van der Waals surface area contributed by atoms with Crippen LogP contribution in [-0.2, 0) is 28.7 Å². The molecule has 0 amide bonds. The normalized spacial score (nSPS) is 20.8. The zero-order valence-corrected chi connectivity index (χ0v) is 20.3. The highest BCUT2D eigenvalue weighted by Crippen LogP contribution is 2.61. The minimum Gasteiger partial charge on any atom is -0.497 e. The molecule has 1 spiro atoms. The van der Waals surface area contributed by atoms with E-state index in [4.69, 9.17) is 9.47 Å². The number of fused-ring (bicyclic) bond motifs is 2. The fourth-order valence-corrected chi connectivity index (χ4v) is 5.49. The van der Waals surface area contributed by atoms with Crippen LogP contribution in [0.25, 0.3) is 11.1 Å². The van der Waals surface area contributed by atoms with Gasteiger partial charge >= 0.3 is 0 Å². The molecule has 1 saturated carbocycles. The predicted molar refractivity (Wildman–Crippen MR) is 132 cm³/mol. The van der Waals surface area contributed by atoms with Crippen LogP contribution in [-0.4, -0.2) is 13.4 Å². The molecule has 3 nitrogen and oxygen atoms in total. The van der Waals surface area contributed by atoms with Gasteiger partial charge in [0.2, 0.25) is 0 Å². The highest BCUT2D eigenvalue weighted by Gasteiger charge is 2.58. The van der Waals surface area contributed by atoms with Gasteiger partial charge in [-0.25, -0.2) is 4.39 Å². The lowest BCUT2D eigenvalue weighted by atomic mass is 9.81. The number of carbonyl (C=O) groups excluding carboxylic acids is 1. The Balaban J connectivity index is 1.44. The van der Waals surface area contributed by atoms with Crippen LogP contribution in [0.5, 0.6) is 11.5 Å². The lowest BCUT2D eigenvalue weighted by Gasteiger charge is -2.24. The van der Waals surface area contributed by atoms with Gasteiger partial charge in [-0.15, -0.1) is 0 Å². The Bertz CT molecular complexity index is 1260. The van der Waals surface area contributed by atoms with Crippen LogP contribution >= 0.6 is 0 Å². The Morgan fingerprint density at radius 1 is 1.03 bits per heavy atom. The van der Waals surface area contributed by atoms with Crippen molar-refractivity contribution in [2.75, 3.05) is 7.11 Å². The van der Waals surface area contributed by atoms with E-state index in [0.29, 0.717) is 17.9 Å². The number of ether oxygens (including phenoxy) is 2. The largest absolute Gasteiger partial charge is 0.497 e. The highest BCUT2D eigenvalue weighted by molar-refractivity contribution is 5.71. The molecule has 0 bridgehead atoms. The average Bonchev–Trinajstić information content (AvgIpc) is 3.44. The molecule has 176 valence electrons. The predicted octanol–water partition coefficient (Wildman–Crippen LogP) is 6.78. The molecule has 3 aromatic carbocycles. The van der Waals surface area contributed by atoms with Crippen molar-refractivity contribution < 1.29 is 18.7 Å². The van der Waals surface area contributed by atoms with Crippen LogP contribution in [0.15, 0.2) is 54.6 Å². The van der Waals surface area contributed by atoms with Crippen molar-refractivity contribution >= 4 is 6.29 Å². The van der Waals surface area contributed by atoms with E-state index in [9.17, 15) is 9.18 Å². The molecule has 2 aliphatic carbocycles. The molecule has 3 aromatic rings. The van der Waals surface area contributed by atoms with Crippen LogP contribution in [0.2, 0.25) is 0 Å². The van der Waals surface area contributed by atoms with Crippen LogP contribution in [0.1, 0.15) is 55.9 Å². The van der Waals surface area contributed by atoms with Crippen molar-refractivity contribution in [1.82, 2.24) is 0 Å². The molecule has 0 aromatic heterocycles. The van der Waals surface area contributed by atoms with Crippen molar-refractivity contribution in [1.29, 1.82) is 0 Å². The van der Waals surface area contributed by atoms with E-state index in [-0.39, 0.29) is 22.6 Å². The molecule has 2 aliphatic rings. The summed E-state index contributed by atoms with van der Waals surface area (Å²) in [6.07, 6.45) is 4.15. The van der Waals surface area contributed by atoms with Gasteiger partial charge in [0.05, 0.1) is 7.11 Å². The van der Waals surface area contributed by atoms with Crippen molar-refractivity contribution in [2.45, 2.75) is 57.5 Å². The van der Waals surface area contributed by atoms with Crippen LogP contribution in [0, 0.1) is 11.7 Å². The molecule has 0 radical (unpaired) electrons. The number of carbonyl (C=O) groups is 1. The molecule has 1 fully saturated rings. The first kappa shape index (κ1) is 22.6. The van der Waals surface area contributed by atoms with Gasteiger partial charge in [0.25, 0.3) is 0 Å². The Morgan fingerprint density at radius 3 is 2.53 bits per heavy atom. The Labute approximate surface area is 200 Å².